The maximum absolute atomic E-state index is 13.8. The molecule has 2 aromatic rings. The van der Waals surface area contributed by atoms with E-state index in [2.05, 4.69) is 27.8 Å². The molecule has 36 heavy (non-hydrogen) atoms. The highest BCUT2D eigenvalue weighted by atomic mass is 19.1. The predicted octanol–water partition coefficient (Wildman–Crippen LogP) is 3.48. The lowest BCUT2D eigenvalue weighted by atomic mass is 10.1. The SMILES string of the molecule is C[C@H](CF)CN(CCCCc1ccc2c(n1)NCCC2)CCC(NC(=O)c1ncccc1F)C(=O)O. The quantitative estimate of drug-likeness (QED) is 0.339. The number of carboxylic acid groups (broad SMARTS) is 1. The number of carbonyl (C=O) groups excluding carboxylic acids is 1. The average Bonchev–Trinajstić information content (AvgIpc) is 2.88. The van der Waals surface area contributed by atoms with Crippen LogP contribution in [0.4, 0.5) is 14.6 Å². The van der Waals surface area contributed by atoms with Gasteiger partial charge in [0.2, 0.25) is 0 Å². The largest absolute Gasteiger partial charge is 0.480 e. The third kappa shape index (κ3) is 8.22. The van der Waals surface area contributed by atoms with Gasteiger partial charge in [-0.15, -0.1) is 0 Å². The lowest BCUT2D eigenvalue weighted by Crippen LogP contribution is -2.44. The van der Waals surface area contributed by atoms with Crippen molar-refractivity contribution in [1.29, 1.82) is 0 Å². The summed E-state index contributed by atoms with van der Waals surface area (Å²) in [5.41, 5.74) is 1.84. The first-order valence-corrected chi connectivity index (χ1v) is 12.5. The molecule has 0 saturated heterocycles. The van der Waals surface area contributed by atoms with Crippen LogP contribution in [0, 0.1) is 11.7 Å². The highest BCUT2D eigenvalue weighted by molar-refractivity contribution is 5.95. The van der Waals surface area contributed by atoms with Gasteiger partial charge in [-0.1, -0.05) is 13.0 Å². The van der Waals surface area contributed by atoms with E-state index in [1.165, 1.54) is 17.8 Å². The van der Waals surface area contributed by atoms with Gasteiger partial charge in [-0.2, -0.15) is 0 Å². The van der Waals surface area contributed by atoms with Gasteiger partial charge in [0.05, 0.1) is 6.67 Å². The molecule has 0 aliphatic carbocycles. The summed E-state index contributed by atoms with van der Waals surface area (Å²) in [5.74, 6) is -2.13. The summed E-state index contributed by atoms with van der Waals surface area (Å²) in [6, 6.07) is 5.43. The minimum atomic E-state index is -1.22. The molecular weight excluding hydrogens is 468 g/mol. The molecule has 0 saturated carbocycles. The maximum Gasteiger partial charge on any atom is 0.326 e. The lowest BCUT2D eigenvalue weighted by molar-refractivity contribution is -0.139. The topological polar surface area (TPSA) is 107 Å². The van der Waals surface area contributed by atoms with Crippen molar-refractivity contribution in [3.8, 4) is 0 Å². The minimum absolute atomic E-state index is 0.104. The summed E-state index contributed by atoms with van der Waals surface area (Å²) < 4.78 is 27.0. The number of fused-ring (bicyclic) bond motifs is 1. The number of halogens is 2. The molecule has 196 valence electrons. The van der Waals surface area contributed by atoms with Crippen LogP contribution < -0.4 is 10.6 Å². The van der Waals surface area contributed by atoms with Crippen LogP contribution in [0.1, 0.15) is 54.4 Å². The standard InChI is InChI=1S/C26H35F2N5O3/c1-18(16-27)17-33(14-3-2-7-20-10-9-19-6-4-13-30-24(19)31-20)15-11-22(26(35)36)32-25(34)23-21(28)8-5-12-29-23/h5,8-10,12,18,22H,2-4,6-7,11,13-17H2,1H3,(H,30,31)(H,32,34)(H,35,36)/t18-,22?/m1/s1. The first-order chi connectivity index (χ1) is 17.4. The molecule has 0 radical (unpaired) electrons. The Morgan fingerprint density at radius 2 is 2.08 bits per heavy atom. The number of pyridine rings is 2. The Bertz CT molecular complexity index is 1020. The minimum Gasteiger partial charge on any atom is -0.480 e. The van der Waals surface area contributed by atoms with Crippen LogP contribution in [0.25, 0.3) is 0 Å². The predicted molar refractivity (Wildman–Crippen MR) is 133 cm³/mol. The summed E-state index contributed by atoms with van der Waals surface area (Å²) >= 11 is 0. The molecule has 10 heteroatoms. The van der Waals surface area contributed by atoms with Gasteiger partial charge in [0.25, 0.3) is 5.91 Å². The van der Waals surface area contributed by atoms with Crippen molar-refractivity contribution in [2.75, 3.05) is 38.2 Å². The Kier molecular flexibility index (Phi) is 10.5. The smallest absolute Gasteiger partial charge is 0.326 e. The van der Waals surface area contributed by atoms with Gasteiger partial charge in [0.15, 0.2) is 11.5 Å². The van der Waals surface area contributed by atoms with E-state index in [4.69, 9.17) is 4.98 Å². The number of alkyl halides is 1. The zero-order valence-electron chi connectivity index (χ0n) is 20.7. The number of carbonyl (C=O) groups is 2. The number of amides is 1. The van der Waals surface area contributed by atoms with Crippen molar-refractivity contribution in [3.05, 3.63) is 53.2 Å². The molecule has 0 bridgehead atoms. The average molecular weight is 504 g/mol. The third-order valence-corrected chi connectivity index (χ3v) is 6.25. The second-order valence-corrected chi connectivity index (χ2v) is 9.34. The number of nitrogens with zero attached hydrogens (tertiary/aromatic N) is 3. The van der Waals surface area contributed by atoms with E-state index in [1.807, 2.05) is 4.90 Å². The van der Waals surface area contributed by atoms with E-state index in [1.54, 1.807) is 6.92 Å². The number of nitrogens with one attached hydrogen (secondary N) is 2. The molecule has 1 aliphatic heterocycles. The molecule has 8 nitrogen and oxygen atoms in total. The molecule has 2 atom stereocenters. The van der Waals surface area contributed by atoms with Gasteiger partial charge >= 0.3 is 5.97 Å². The first kappa shape index (κ1) is 27.4. The normalized spacial score (nSPS) is 14.6. The van der Waals surface area contributed by atoms with Gasteiger partial charge < -0.3 is 20.6 Å². The molecule has 1 unspecified atom stereocenters. The Hall–Kier alpha value is -3.14. The molecule has 3 heterocycles. The third-order valence-electron chi connectivity index (χ3n) is 6.25. The van der Waals surface area contributed by atoms with Crippen LogP contribution in [0.3, 0.4) is 0 Å². The van der Waals surface area contributed by atoms with E-state index in [9.17, 15) is 23.5 Å². The van der Waals surface area contributed by atoms with Gasteiger partial charge in [0.1, 0.15) is 11.9 Å². The van der Waals surface area contributed by atoms with E-state index < -0.39 is 36.1 Å². The molecule has 0 spiro atoms. The zero-order valence-corrected chi connectivity index (χ0v) is 20.7. The number of unbranched alkanes of at least 4 members (excludes halogenated alkanes) is 1. The number of anilines is 1. The molecule has 0 aromatic carbocycles. The Labute approximate surface area is 210 Å². The second-order valence-electron chi connectivity index (χ2n) is 9.34. The fraction of sp³-hybridized carbons (Fsp3) is 0.538. The summed E-state index contributed by atoms with van der Waals surface area (Å²) in [4.78, 5) is 34.5. The highest BCUT2D eigenvalue weighted by Gasteiger charge is 2.24. The second kappa shape index (κ2) is 13.8. The molecular formula is C26H35F2N5O3. The summed E-state index contributed by atoms with van der Waals surface area (Å²) in [5, 5.41) is 15.3. The number of carboxylic acids is 1. The number of aryl methyl sites for hydroxylation is 2. The van der Waals surface area contributed by atoms with E-state index in [-0.39, 0.29) is 12.3 Å². The van der Waals surface area contributed by atoms with Crippen LogP contribution in [-0.2, 0) is 17.6 Å². The Balaban J connectivity index is 1.51. The molecule has 2 aromatic heterocycles. The first-order valence-electron chi connectivity index (χ1n) is 12.5. The Morgan fingerprint density at radius 3 is 2.83 bits per heavy atom. The van der Waals surface area contributed by atoms with Crippen molar-refractivity contribution < 1.29 is 23.5 Å². The lowest BCUT2D eigenvalue weighted by Gasteiger charge is -2.26. The van der Waals surface area contributed by atoms with E-state index in [0.29, 0.717) is 19.6 Å². The van der Waals surface area contributed by atoms with Crippen molar-refractivity contribution in [3.63, 3.8) is 0 Å². The van der Waals surface area contributed by atoms with Crippen LogP contribution >= 0.6 is 0 Å². The van der Waals surface area contributed by atoms with Crippen LogP contribution in [0.15, 0.2) is 30.5 Å². The Morgan fingerprint density at radius 1 is 1.25 bits per heavy atom. The maximum atomic E-state index is 13.8. The molecule has 3 rings (SSSR count). The fourth-order valence-electron chi connectivity index (χ4n) is 4.28. The van der Waals surface area contributed by atoms with Crippen LogP contribution in [0.2, 0.25) is 0 Å². The number of aliphatic carboxylic acids is 1. The molecule has 1 amide bonds. The van der Waals surface area contributed by atoms with Crippen molar-refractivity contribution >= 4 is 17.7 Å². The summed E-state index contributed by atoms with van der Waals surface area (Å²) in [6.07, 6.45) is 6.10. The summed E-state index contributed by atoms with van der Waals surface area (Å²) in [6.45, 7) is 3.78. The van der Waals surface area contributed by atoms with Gasteiger partial charge in [-0.3, -0.25) is 9.18 Å². The van der Waals surface area contributed by atoms with Gasteiger partial charge in [0, 0.05) is 31.5 Å². The molecule has 0 fully saturated rings. The summed E-state index contributed by atoms with van der Waals surface area (Å²) in [7, 11) is 0. The van der Waals surface area contributed by atoms with Crippen molar-refractivity contribution in [1.82, 2.24) is 20.2 Å². The molecule has 3 N–H and O–H groups in total. The van der Waals surface area contributed by atoms with E-state index in [0.717, 1.165) is 56.2 Å². The number of rotatable bonds is 14. The van der Waals surface area contributed by atoms with Crippen LogP contribution in [0.5, 0.6) is 0 Å². The van der Waals surface area contributed by atoms with Gasteiger partial charge in [-0.05, 0) is 74.8 Å². The monoisotopic (exact) mass is 503 g/mol. The van der Waals surface area contributed by atoms with Crippen LogP contribution in [-0.4, -0.2) is 70.7 Å². The number of hydrogen-bond acceptors (Lipinski definition) is 6. The van der Waals surface area contributed by atoms with Gasteiger partial charge in [-0.25, -0.2) is 19.2 Å². The molecule has 1 aliphatic rings. The van der Waals surface area contributed by atoms with Crippen molar-refractivity contribution in [2.45, 2.75) is 51.5 Å². The van der Waals surface area contributed by atoms with E-state index >= 15 is 0 Å². The number of hydrogen-bond donors (Lipinski definition) is 3. The fourth-order valence-corrected chi connectivity index (χ4v) is 4.28. The number of aromatic nitrogens is 2. The zero-order chi connectivity index (χ0) is 25.9. The van der Waals surface area contributed by atoms with Crippen molar-refractivity contribution in [2.24, 2.45) is 5.92 Å². The highest BCUT2D eigenvalue weighted by Crippen LogP contribution is 2.20.